The summed E-state index contributed by atoms with van der Waals surface area (Å²) in [5.41, 5.74) is 6.04. The number of ketones is 1. The minimum atomic E-state index is -0.114. The molecule has 4 heteroatoms. The first-order chi connectivity index (χ1) is 14.6. The molecule has 0 fully saturated rings. The zero-order valence-corrected chi connectivity index (χ0v) is 16.9. The molecule has 2 heterocycles. The Labute approximate surface area is 174 Å². The van der Waals surface area contributed by atoms with Gasteiger partial charge in [-0.3, -0.25) is 4.79 Å². The number of para-hydroxylation sites is 1. The third kappa shape index (κ3) is 3.26. The van der Waals surface area contributed by atoms with E-state index in [-0.39, 0.29) is 5.78 Å². The molecule has 0 unspecified atom stereocenters. The van der Waals surface area contributed by atoms with E-state index in [1.54, 1.807) is 18.2 Å². The van der Waals surface area contributed by atoms with Crippen LogP contribution in [0.2, 0.25) is 0 Å². The molecular weight excluding hydrogens is 374 g/mol. The van der Waals surface area contributed by atoms with Gasteiger partial charge in [-0.05, 0) is 49.2 Å². The first-order valence-electron chi connectivity index (χ1n) is 9.92. The quantitative estimate of drug-likeness (QED) is 0.433. The lowest BCUT2D eigenvalue weighted by molar-refractivity contribution is 0.101. The lowest BCUT2D eigenvalue weighted by Gasteiger charge is -2.10. The van der Waals surface area contributed by atoms with E-state index in [0.29, 0.717) is 29.4 Å². The van der Waals surface area contributed by atoms with Crippen LogP contribution in [-0.4, -0.2) is 10.8 Å². The zero-order valence-electron chi connectivity index (χ0n) is 16.9. The Bertz CT molecular complexity index is 1310. The number of hydrogen-bond donors (Lipinski definition) is 1. The normalized spacial score (nSPS) is 14.2. The SMILES string of the molecule is Cc1ccc(C)c(COc2ccc3c(c2)OC(=Cc2c[nH]c4ccccc24)C3=O)c1. The maximum Gasteiger partial charge on any atom is 0.231 e. The summed E-state index contributed by atoms with van der Waals surface area (Å²) in [4.78, 5) is 16.0. The van der Waals surface area contributed by atoms with Crippen LogP contribution < -0.4 is 9.47 Å². The van der Waals surface area contributed by atoms with Gasteiger partial charge in [0, 0.05) is 28.7 Å². The summed E-state index contributed by atoms with van der Waals surface area (Å²) in [6, 6.07) is 19.7. The fourth-order valence-corrected chi connectivity index (χ4v) is 3.73. The molecule has 1 aromatic heterocycles. The number of hydrogen-bond acceptors (Lipinski definition) is 3. The number of Topliss-reactive ketones (excluding diaryl/α,β-unsaturated/α-hetero) is 1. The summed E-state index contributed by atoms with van der Waals surface area (Å²) in [7, 11) is 0. The number of aromatic nitrogens is 1. The van der Waals surface area contributed by atoms with Crippen molar-refractivity contribution in [2.45, 2.75) is 20.5 Å². The van der Waals surface area contributed by atoms with Gasteiger partial charge in [0.15, 0.2) is 5.76 Å². The van der Waals surface area contributed by atoms with Crippen molar-refractivity contribution < 1.29 is 14.3 Å². The number of carbonyl (C=O) groups excluding carboxylic acids is 1. The summed E-state index contributed by atoms with van der Waals surface area (Å²) >= 11 is 0. The predicted octanol–water partition coefficient (Wildman–Crippen LogP) is 5.98. The summed E-state index contributed by atoms with van der Waals surface area (Å²) in [5.74, 6) is 1.41. The van der Waals surface area contributed by atoms with Gasteiger partial charge >= 0.3 is 0 Å². The second kappa shape index (κ2) is 7.23. The van der Waals surface area contributed by atoms with Crippen LogP contribution in [0.1, 0.15) is 32.6 Å². The molecule has 0 amide bonds. The van der Waals surface area contributed by atoms with E-state index < -0.39 is 0 Å². The zero-order chi connectivity index (χ0) is 20.7. The number of aromatic amines is 1. The Kier molecular flexibility index (Phi) is 4.40. The molecule has 1 aliphatic heterocycles. The van der Waals surface area contributed by atoms with Crippen LogP contribution in [0.3, 0.4) is 0 Å². The van der Waals surface area contributed by atoms with Crippen LogP contribution in [0.25, 0.3) is 17.0 Å². The number of nitrogens with one attached hydrogen (secondary N) is 1. The molecule has 0 spiro atoms. The number of aryl methyl sites for hydroxylation is 2. The second-order valence-electron chi connectivity index (χ2n) is 7.61. The molecule has 0 bridgehead atoms. The number of rotatable bonds is 4. The highest BCUT2D eigenvalue weighted by Crippen LogP contribution is 2.35. The summed E-state index contributed by atoms with van der Waals surface area (Å²) in [6.45, 7) is 4.61. The molecule has 0 atom stereocenters. The van der Waals surface area contributed by atoms with Gasteiger partial charge in [-0.1, -0.05) is 42.0 Å². The van der Waals surface area contributed by atoms with Gasteiger partial charge in [-0.15, -0.1) is 0 Å². The Hall–Kier alpha value is -3.79. The second-order valence-corrected chi connectivity index (χ2v) is 7.61. The van der Waals surface area contributed by atoms with E-state index in [4.69, 9.17) is 9.47 Å². The van der Waals surface area contributed by atoms with Gasteiger partial charge in [-0.25, -0.2) is 0 Å². The molecule has 1 N–H and O–H groups in total. The van der Waals surface area contributed by atoms with Crippen molar-refractivity contribution in [2.75, 3.05) is 0 Å². The highest BCUT2D eigenvalue weighted by atomic mass is 16.5. The topological polar surface area (TPSA) is 51.3 Å². The van der Waals surface area contributed by atoms with Crippen molar-refractivity contribution in [1.82, 2.24) is 4.98 Å². The number of H-pyrrole nitrogens is 1. The van der Waals surface area contributed by atoms with E-state index in [1.807, 2.05) is 36.5 Å². The summed E-state index contributed by atoms with van der Waals surface area (Å²) in [5, 5.41) is 1.05. The van der Waals surface area contributed by atoms with E-state index >= 15 is 0 Å². The minimum Gasteiger partial charge on any atom is -0.489 e. The highest BCUT2D eigenvalue weighted by molar-refractivity contribution is 6.15. The summed E-state index contributed by atoms with van der Waals surface area (Å²) < 4.78 is 11.9. The molecule has 4 nitrogen and oxygen atoms in total. The van der Waals surface area contributed by atoms with Gasteiger partial charge in [0.05, 0.1) is 5.56 Å². The molecule has 0 radical (unpaired) electrons. The highest BCUT2D eigenvalue weighted by Gasteiger charge is 2.28. The van der Waals surface area contributed by atoms with Crippen molar-refractivity contribution >= 4 is 22.8 Å². The third-order valence-corrected chi connectivity index (χ3v) is 5.45. The van der Waals surface area contributed by atoms with Crippen LogP contribution in [0.4, 0.5) is 0 Å². The molecule has 30 heavy (non-hydrogen) atoms. The Morgan fingerprint density at radius 3 is 2.80 bits per heavy atom. The Morgan fingerprint density at radius 1 is 1.03 bits per heavy atom. The fourth-order valence-electron chi connectivity index (χ4n) is 3.73. The molecule has 3 aromatic carbocycles. The van der Waals surface area contributed by atoms with Crippen molar-refractivity contribution in [1.29, 1.82) is 0 Å². The van der Waals surface area contributed by atoms with Crippen LogP contribution in [0.5, 0.6) is 11.5 Å². The number of ether oxygens (including phenoxy) is 2. The molecule has 0 aliphatic carbocycles. The first kappa shape index (κ1) is 18.3. The number of benzene rings is 3. The van der Waals surface area contributed by atoms with Crippen molar-refractivity contribution in [3.8, 4) is 11.5 Å². The average Bonchev–Trinajstić information content (AvgIpc) is 3.30. The smallest absolute Gasteiger partial charge is 0.231 e. The molecule has 0 saturated heterocycles. The summed E-state index contributed by atoms with van der Waals surface area (Å²) in [6.07, 6.45) is 3.67. The van der Waals surface area contributed by atoms with E-state index in [1.165, 1.54) is 11.1 Å². The molecular formula is C26H21NO3. The molecule has 1 aliphatic rings. The van der Waals surface area contributed by atoms with Gasteiger partial charge in [0.1, 0.15) is 18.1 Å². The van der Waals surface area contributed by atoms with Crippen molar-refractivity contribution in [3.63, 3.8) is 0 Å². The molecule has 0 saturated carbocycles. The van der Waals surface area contributed by atoms with Gasteiger partial charge in [0.2, 0.25) is 5.78 Å². The lowest BCUT2D eigenvalue weighted by Crippen LogP contribution is -1.99. The van der Waals surface area contributed by atoms with Crippen LogP contribution in [-0.2, 0) is 6.61 Å². The molecule has 148 valence electrons. The number of fused-ring (bicyclic) bond motifs is 2. The van der Waals surface area contributed by atoms with Gasteiger partial charge in [-0.2, -0.15) is 0 Å². The number of carbonyl (C=O) groups is 1. The fraction of sp³-hybridized carbons (Fsp3) is 0.115. The molecule has 4 aromatic rings. The Morgan fingerprint density at radius 2 is 1.90 bits per heavy atom. The van der Waals surface area contributed by atoms with Gasteiger partial charge in [0.25, 0.3) is 0 Å². The van der Waals surface area contributed by atoms with Crippen molar-refractivity contribution in [2.24, 2.45) is 0 Å². The van der Waals surface area contributed by atoms with Crippen LogP contribution in [0, 0.1) is 13.8 Å². The number of allylic oxidation sites excluding steroid dienone is 1. The van der Waals surface area contributed by atoms with Crippen LogP contribution in [0.15, 0.2) is 72.6 Å². The average molecular weight is 395 g/mol. The largest absolute Gasteiger partial charge is 0.489 e. The Balaban J connectivity index is 1.38. The first-order valence-corrected chi connectivity index (χ1v) is 9.92. The maximum atomic E-state index is 12.8. The van der Waals surface area contributed by atoms with E-state index in [9.17, 15) is 4.79 Å². The maximum absolute atomic E-state index is 12.8. The van der Waals surface area contributed by atoms with Crippen LogP contribution >= 0.6 is 0 Å². The lowest BCUT2D eigenvalue weighted by atomic mass is 10.1. The van der Waals surface area contributed by atoms with E-state index in [0.717, 1.165) is 22.0 Å². The predicted molar refractivity (Wildman–Crippen MR) is 118 cm³/mol. The van der Waals surface area contributed by atoms with Gasteiger partial charge < -0.3 is 14.5 Å². The van der Waals surface area contributed by atoms with E-state index in [2.05, 4.69) is 37.0 Å². The van der Waals surface area contributed by atoms with Crippen molar-refractivity contribution in [3.05, 3.63) is 100 Å². The monoisotopic (exact) mass is 395 g/mol. The molecule has 5 rings (SSSR count). The minimum absolute atomic E-state index is 0.114. The third-order valence-electron chi connectivity index (χ3n) is 5.45. The standard InChI is InChI=1S/C26H21NO3/c1-16-7-8-17(2)19(11-16)15-29-20-9-10-22-24(13-20)30-25(26(22)28)12-18-14-27-23-6-4-3-5-21(18)23/h3-14,27H,15H2,1-2H3.